The molecule has 49 heavy (non-hydrogen) atoms. The Morgan fingerprint density at radius 1 is 0.959 bits per heavy atom. The number of likely N-dealkylation sites (N-methyl/N-ethyl adjacent to an activating group) is 1. The highest BCUT2D eigenvalue weighted by Crippen LogP contribution is 2.43. The molecule has 3 fully saturated rings. The van der Waals surface area contributed by atoms with Crippen LogP contribution in [0.2, 0.25) is 5.02 Å². The fourth-order valence-corrected chi connectivity index (χ4v) is 8.07. The molecule has 3 saturated heterocycles. The molecule has 8 rings (SSSR count). The van der Waals surface area contributed by atoms with Crippen molar-refractivity contribution in [3.8, 4) is 22.9 Å². The summed E-state index contributed by atoms with van der Waals surface area (Å²) in [5.74, 6) is 0.512. The number of fused-ring (bicyclic) bond motifs is 4. The number of ether oxygens (including phenoxy) is 2. The van der Waals surface area contributed by atoms with Gasteiger partial charge in [0.25, 0.3) is 0 Å². The van der Waals surface area contributed by atoms with Gasteiger partial charge < -0.3 is 24.4 Å². The normalized spacial score (nSPS) is 20.8. The van der Waals surface area contributed by atoms with E-state index in [4.69, 9.17) is 26.1 Å². The molecule has 1 aromatic heterocycles. The largest absolute Gasteiger partial charge is 0.489 e. The number of hydrogen-bond acceptors (Lipinski definition) is 7. The Hall–Kier alpha value is -4.67. The van der Waals surface area contributed by atoms with E-state index in [1.807, 2.05) is 71.6 Å². The summed E-state index contributed by atoms with van der Waals surface area (Å²) in [4.78, 5) is 27.4. The standard InChI is InChI=1S/C38H37ClFN5O4/c1-43-15-7-11-27(43)22-49-37-41-35-31(36(42-37)44-19-25-13-14-26(20-44)45(25)38(46)47)18-32(39)33(34(35)40)30-17-28(16-24-10-5-6-12-29(24)30)48-21-23-8-3-2-4-9-23/h2-6,8-10,12,16-18,25-27H,7,11,13-15,19-22H2,1H3,(H,46,47)/t25-,26+,27-/m0/s1. The second-order valence-electron chi connectivity index (χ2n) is 13.3. The average molecular weight is 682 g/mol. The average Bonchev–Trinajstić information content (AvgIpc) is 3.65. The maximum Gasteiger partial charge on any atom is 0.407 e. The van der Waals surface area contributed by atoms with E-state index in [0.717, 1.165) is 48.6 Å². The van der Waals surface area contributed by atoms with Gasteiger partial charge in [0.05, 0.1) is 17.1 Å². The molecule has 11 heteroatoms. The van der Waals surface area contributed by atoms with Crippen LogP contribution in [0.4, 0.5) is 15.0 Å². The molecule has 0 unspecified atom stereocenters. The molecular formula is C38H37ClFN5O4. The zero-order valence-electron chi connectivity index (χ0n) is 27.2. The third-order valence-corrected chi connectivity index (χ3v) is 10.6. The van der Waals surface area contributed by atoms with Crippen molar-refractivity contribution in [1.82, 2.24) is 19.8 Å². The molecule has 3 aliphatic rings. The lowest BCUT2D eigenvalue weighted by Gasteiger charge is -2.40. The Morgan fingerprint density at radius 3 is 2.45 bits per heavy atom. The molecule has 5 aromatic rings. The van der Waals surface area contributed by atoms with Crippen molar-refractivity contribution in [3.63, 3.8) is 0 Å². The lowest BCUT2D eigenvalue weighted by atomic mass is 9.96. The Labute approximate surface area is 288 Å². The minimum absolute atomic E-state index is 0.0905. The summed E-state index contributed by atoms with van der Waals surface area (Å²) in [6.07, 6.45) is 2.71. The van der Waals surface area contributed by atoms with Crippen molar-refractivity contribution >= 4 is 45.2 Å². The van der Waals surface area contributed by atoms with Crippen LogP contribution in [0.25, 0.3) is 32.8 Å². The predicted molar refractivity (Wildman–Crippen MR) is 188 cm³/mol. The molecule has 0 saturated carbocycles. The molecule has 4 heterocycles. The topological polar surface area (TPSA) is 91.3 Å². The summed E-state index contributed by atoms with van der Waals surface area (Å²) in [7, 11) is 2.07. The highest BCUT2D eigenvalue weighted by atomic mass is 35.5. The van der Waals surface area contributed by atoms with Crippen LogP contribution in [-0.2, 0) is 6.61 Å². The number of amides is 1. The van der Waals surface area contributed by atoms with Crippen molar-refractivity contribution in [1.29, 1.82) is 0 Å². The summed E-state index contributed by atoms with van der Waals surface area (Å²) in [6.45, 7) is 2.61. The molecular weight excluding hydrogens is 645 g/mol. The minimum atomic E-state index is -0.912. The van der Waals surface area contributed by atoms with Gasteiger partial charge in [-0.1, -0.05) is 66.2 Å². The lowest BCUT2D eigenvalue weighted by molar-refractivity contribution is 0.114. The van der Waals surface area contributed by atoms with E-state index in [1.165, 1.54) is 0 Å². The van der Waals surface area contributed by atoms with Gasteiger partial charge in [-0.25, -0.2) is 9.18 Å². The number of aromatic nitrogens is 2. The van der Waals surface area contributed by atoms with E-state index in [-0.39, 0.29) is 40.2 Å². The fraction of sp³-hybridized carbons (Fsp3) is 0.342. The third kappa shape index (κ3) is 5.97. The molecule has 0 radical (unpaired) electrons. The molecule has 3 aliphatic heterocycles. The van der Waals surface area contributed by atoms with Gasteiger partial charge in [-0.15, -0.1) is 0 Å². The predicted octanol–water partition coefficient (Wildman–Crippen LogP) is 7.63. The summed E-state index contributed by atoms with van der Waals surface area (Å²) in [6, 6.07) is 23.1. The van der Waals surface area contributed by atoms with Crippen LogP contribution in [0.3, 0.4) is 0 Å². The van der Waals surface area contributed by atoms with Gasteiger partial charge >= 0.3 is 12.1 Å². The first-order valence-electron chi connectivity index (χ1n) is 16.8. The van der Waals surface area contributed by atoms with Crippen LogP contribution < -0.4 is 14.4 Å². The quantitative estimate of drug-likeness (QED) is 0.179. The molecule has 0 spiro atoms. The van der Waals surface area contributed by atoms with Gasteiger partial charge in [0.1, 0.15) is 30.3 Å². The fourth-order valence-electron chi connectivity index (χ4n) is 7.78. The number of anilines is 1. The Balaban J connectivity index is 1.24. The molecule has 9 nitrogen and oxygen atoms in total. The van der Waals surface area contributed by atoms with Gasteiger partial charge in [0.2, 0.25) is 0 Å². The van der Waals surface area contributed by atoms with Crippen LogP contribution in [0.1, 0.15) is 31.2 Å². The first-order valence-corrected chi connectivity index (χ1v) is 17.2. The molecule has 3 atom stereocenters. The summed E-state index contributed by atoms with van der Waals surface area (Å²) in [5, 5.41) is 12.3. The number of benzene rings is 4. The van der Waals surface area contributed by atoms with Crippen LogP contribution in [0.5, 0.6) is 11.8 Å². The first kappa shape index (κ1) is 31.6. The smallest absolute Gasteiger partial charge is 0.407 e. The maximum absolute atomic E-state index is 17.2. The van der Waals surface area contributed by atoms with E-state index in [0.29, 0.717) is 48.8 Å². The van der Waals surface area contributed by atoms with E-state index >= 15 is 4.39 Å². The molecule has 1 N–H and O–H groups in total. The molecule has 2 bridgehead atoms. The molecule has 252 valence electrons. The maximum atomic E-state index is 17.2. The van der Waals surface area contributed by atoms with E-state index in [2.05, 4.69) is 16.9 Å². The number of nitrogens with zero attached hydrogens (tertiary/aromatic N) is 5. The Bertz CT molecular complexity index is 2030. The van der Waals surface area contributed by atoms with Crippen molar-refractivity contribution in [2.45, 2.75) is 50.4 Å². The molecule has 1 amide bonds. The van der Waals surface area contributed by atoms with E-state index < -0.39 is 11.9 Å². The van der Waals surface area contributed by atoms with Gasteiger partial charge in [-0.05, 0) is 79.4 Å². The summed E-state index contributed by atoms with van der Waals surface area (Å²) < 4.78 is 29.6. The number of carboxylic acid groups (broad SMARTS) is 1. The second-order valence-corrected chi connectivity index (χ2v) is 13.7. The van der Waals surface area contributed by atoms with Crippen molar-refractivity contribution < 1.29 is 23.8 Å². The second kappa shape index (κ2) is 13.0. The Morgan fingerprint density at radius 2 is 1.71 bits per heavy atom. The van der Waals surface area contributed by atoms with Crippen LogP contribution in [0.15, 0.2) is 72.8 Å². The van der Waals surface area contributed by atoms with Crippen LogP contribution in [0, 0.1) is 5.82 Å². The monoisotopic (exact) mass is 681 g/mol. The van der Waals surface area contributed by atoms with Crippen molar-refractivity contribution in [2.24, 2.45) is 0 Å². The van der Waals surface area contributed by atoms with Crippen molar-refractivity contribution in [2.75, 3.05) is 38.2 Å². The van der Waals surface area contributed by atoms with E-state index in [1.54, 1.807) is 11.0 Å². The van der Waals surface area contributed by atoms with Gasteiger partial charge in [0.15, 0.2) is 5.82 Å². The van der Waals surface area contributed by atoms with Gasteiger partial charge in [-0.2, -0.15) is 9.97 Å². The first-order chi connectivity index (χ1) is 23.8. The summed E-state index contributed by atoms with van der Waals surface area (Å²) in [5.41, 5.74) is 1.93. The number of likely N-dealkylation sites (tertiary alicyclic amines) is 1. The van der Waals surface area contributed by atoms with Crippen LogP contribution >= 0.6 is 11.6 Å². The number of piperazine rings is 1. The highest BCUT2D eigenvalue weighted by molar-refractivity contribution is 6.35. The highest BCUT2D eigenvalue weighted by Gasteiger charge is 2.43. The van der Waals surface area contributed by atoms with Crippen LogP contribution in [-0.4, -0.2) is 82.4 Å². The van der Waals surface area contributed by atoms with Gasteiger partial charge in [0, 0.05) is 30.1 Å². The number of carbonyl (C=O) groups is 1. The number of hydrogen-bond donors (Lipinski definition) is 1. The zero-order valence-corrected chi connectivity index (χ0v) is 27.9. The summed E-state index contributed by atoms with van der Waals surface area (Å²) >= 11 is 7.04. The molecule has 0 aliphatic carbocycles. The third-order valence-electron chi connectivity index (χ3n) is 10.3. The number of rotatable bonds is 8. The van der Waals surface area contributed by atoms with Crippen molar-refractivity contribution in [3.05, 3.63) is 89.2 Å². The van der Waals surface area contributed by atoms with Gasteiger partial charge in [-0.3, -0.25) is 4.90 Å². The SMILES string of the molecule is CN1CCC[C@H]1COc1nc(N2C[C@H]3CC[C@@H](C2)N3C(=O)O)c2cc(Cl)c(-c3cc(OCc4ccccc4)cc4ccccc34)c(F)c2n1. The van der Waals surface area contributed by atoms with E-state index in [9.17, 15) is 9.90 Å². The zero-order chi connectivity index (χ0) is 33.6. The lowest BCUT2D eigenvalue weighted by Crippen LogP contribution is -2.55. The molecule has 4 aromatic carbocycles. The minimum Gasteiger partial charge on any atom is -0.489 e. The number of halogens is 2. The Kier molecular flexibility index (Phi) is 8.37.